The first-order valence-corrected chi connectivity index (χ1v) is 4.07. The Morgan fingerprint density at radius 1 is 1.54 bits per heavy atom. The maximum atomic E-state index is 11.1. The van der Waals surface area contributed by atoms with Crippen LogP contribution in [0.2, 0.25) is 0 Å². The Morgan fingerprint density at radius 2 is 2.15 bits per heavy atom. The maximum Gasteiger partial charge on any atom is 0.159 e. The van der Waals surface area contributed by atoms with Gasteiger partial charge in [-0.2, -0.15) is 0 Å². The number of ketones is 1. The molecule has 0 aliphatic heterocycles. The molecule has 0 bridgehead atoms. The number of hydrogen-bond donors (Lipinski definition) is 2. The van der Waals surface area contributed by atoms with Crippen LogP contribution in [0.5, 0.6) is 0 Å². The second kappa shape index (κ2) is 3.58. The minimum atomic E-state index is -0.131. The highest BCUT2D eigenvalue weighted by Gasteiger charge is 2.06. The molecule has 3 N–H and O–H groups in total. The minimum absolute atomic E-state index is 0.0159. The van der Waals surface area contributed by atoms with Gasteiger partial charge in [-0.3, -0.25) is 4.79 Å². The van der Waals surface area contributed by atoms with E-state index in [0.717, 1.165) is 5.56 Å². The predicted molar refractivity (Wildman–Crippen MR) is 51.5 cm³/mol. The quantitative estimate of drug-likeness (QED) is 0.531. The second-order valence-electron chi connectivity index (χ2n) is 3.08. The van der Waals surface area contributed by atoms with Crippen molar-refractivity contribution in [1.82, 2.24) is 0 Å². The lowest BCUT2D eigenvalue weighted by Crippen LogP contribution is -2.01. The molecule has 0 atom stereocenters. The first kappa shape index (κ1) is 9.74. The summed E-state index contributed by atoms with van der Waals surface area (Å²) in [4.78, 5) is 11.1. The Hall–Kier alpha value is -1.35. The molecule has 0 aliphatic rings. The number of benzene rings is 1. The van der Waals surface area contributed by atoms with Crippen LogP contribution in [-0.4, -0.2) is 10.9 Å². The summed E-state index contributed by atoms with van der Waals surface area (Å²) in [6.45, 7) is 3.18. The van der Waals surface area contributed by atoms with E-state index in [1.54, 1.807) is 12.1 Å². The lowest BCUT2D eigenvalue weighted by molar-refractivity contribution is 0.101. The zero-order valence-electron chi connectivity index (χ0n) is 7.79. The summed E-state index contributed by atoms with van der Waals surface area (Å²) >= 11 is 0. The zero-order chi connectivity index (χ0) is 10.0. The van der Waals surface area contributed by atoms with Gasteiger partial charge in [0.25, 0.3) is 0 Å². The molecule has 0 amide bonds. The highest BCUT2D eigenvalue weighted by Crippen LogP contribution is 2.19. The molecule has 3 heteroatoms. The third kappa shape index (κ3) is 1.87. The number of carbonyl (C=O) groups excluding carboxylic acids is 1. The Morgan fingerprint density at radius 3 is 2.62 bits per heavy atom. The highest BCUT2D eigenvalue weighted by molar-refractivity contribution is 5.95. The van der Waals surface area contributed by atoms with Crippen molar-refractivity contribution < 1.29 is 9.90 Å². The number of aliphatic hydroxyl groups excluding tert-OH is 1. The van der Waals surface area contributed by atoms with Crippen LogP contribution in [-0.2, 0) is 6.61 Å². The summed E-state index contributed by atoms with van der Waals surface area (Å²) in [6, 6.07) is 3.36. The van der Waals surface area contributed by atoms with Crippen LogP contribution in [0.3, 0.4) is 0 Å². The summed E-state index contributed by atoms with van der Waals surface area (Å²) < 4.78 is 0. The number of anilines is 1. The van der Waals surface area contributed by atoms with Crippen molar-refractivity contribution in [2.45, 2.75) is 20.5 Å². The SMILES string of the molecule is CC(=O)c1cc(C)c(N)c(CO)c1. The van der Waals surface area contributed by atoms with Gasteiger partial charge in [0.15, 0.2) is 5.78 Å². The third-order valence-corrected chi connectivity index (χ3v) is 2.05. The minimum Gasteiger partial charge on any atom is -0.398 e. The molecule has 0 aliphatic carbocycles. The zero-order valence-corrected chi connectivity index (χ0v) is 7.79. The number of nitrogens with two attached hydrogens (primary N) is 1. The maximum absolute atomic E-state index is 11.1. The number of carbonyl (C=O) groups is 1. The van der Waals surface area contributed by atoms with Gasteiger partial charge in [0, 0.05) is 16.8 Å². The van der Waals surface area contributed by atoms with E-state index in [-0.39, 0.29) is 12.4 Å². The molecule has 0 heterocycles. The van der Waals surface area contributed by atoms with E-state index in [4.69, 9.17) is 10.8 Å². The predicted octanol–water partition coefficient (Wildman–Crippen LogP) is 1.27. The van der Waals surface area contributed by atoms with Crippen LogP contribution >= 0.6 is 0 Å². The van der Waals surface area contributed by atoms with Crippen molar-refractivity contribution in [2.75, 3.05) is 5.73 Å². The molecule has 70 valence electrons. The standard InChI is InChI=1S/C10H13NO2/c1-6-3-8(7(2)13)4-9(5-12)10(6)11/h3-4,12H,5,11H2,1-2H3. The van der Waals surface area contributed by atoms with E-state index in [9.17, 15) is 4.79 Å². The normalized spacial score (nSPS) is 10.1. The van der Waals surface area contributed by atoms with Gasteiger partial charge >= 0.3 is 0 Å². The van der Waals surface area contributed by atoms with Crippen molar-refractivity contribution >= 4 is 11.5 Å². The fourth-order valence-electron chi connectivity index (χ4n) is 1.21. The van der Waals surface area contributed by atoms with Gasteiger partial charge in [0.1, 0.15) is 0 Å². The number of Topliss-reactive ketones (excluding diaryl/α,β-unsaturated/α-hetero) is 1. The molecule has 0 saturated carbocycles. The van der Waals surface area contributed by atoms with Crippen molar-refractivity contribution in [3.8, 4) is 0 Å². The van der Waals surface area contributed by atoms with Crippen LogP contribution < -0.4 is 5.73 Å². The fourth-order valence-corrected chi connectivity index (χ4v) is 1.21. The van der Waals surface area contributed by atoms with E-state index >= 15 is 0 Å². The van der Waals surface area contributed by atoms with Crippen molar-refractivity contribution in [3.63, 3.8) is 0 Å². The molecule has 1 aromatic rings. The van der Waals surface area contributed by atoms with Gasteiger partial charge in [0.2, 0.25) is 0 Å². The topological polar surface area (TPSA) is 63.3 Å². The number of aliphatic hydroxyl groups is 1. The summed E-state index contributed by atoms with van der Waals surface area (Å²) in [5, 5.41) is 8.96. The first-order valence-electron chi connectivity index (χ1n) is 4.07. The lowest BCUT2D eigenvalue weighted by Gasteiger charge is -2.07. The summed E-state index contributed by atoms with van der Waals surface area (Å²) in [5.41, 5.74) is 8.29. The summed E-state index contributed by atoms with van der Waals surface area (Å²) in [7, 11) is 0. The van der Waals surface area contributed by atoms with E-state index in [0.29, 0.717) is 16.8 Å². The van der Waals surface area contributed by atoms with E-state index in [2.05, 4.69) is 0 Å². The first-order chi connectivity index (χ1) is 6.06. The van der Waals surface area contributed by atoms with Crippen molar-refractivity contribution in [2.24, 2.45) is 0 Å². The Labute approximate surface area is 77.2 Å². The number of aryl methyl sites for hydroxylation is 1. The molecule has 13 heavy (non-hydrogen) atoms. The summed E-state index contributed by atoms with van der Waals surface area (Å²) in [6.07, 6.45) is 0. The van der Waals surface area contributed by atoms with Crippen molar-refractivity contribution in [1.29, 1.82) is 0 Å². The Balaban J connectivity index is 3.30. The lowest BCUT2D eigenvalue weighted by atomic mass is 10.0. The Bertz CT molecular complexity index is 345. The van der Waals surface area contributed by atoms with Gasteiger partial charge in [0.05, 0.1) is 6.61 Å². The largest absolute Gasteiger partial charge is 0.398 e. The van der Waals surface area contributed by atoms with E-state index < -0.39 is 0 Å². The number of rotatable bonds is 2. The molecule has 0 aromatic heterocycles. The van der Waals surface area contributed by atoms with Gasteiger partial charge in [-0.25, -0.2) is 0 Å². The van der Waals surface area contributed by atoms with E-state index in [1.807, 2.05) is 6.92 Å². The molecule has 0 radical (unpaired) electrons. The molecular formula is C10H13NO2. The van der Waals surface area contributed by atoms with Gasteiger partial charge in [-0.15, -0.1) is 0 Å². The summed E-state index contributed by atoms with van der Waals surface area (Å²) in [5.74, 6) is -0.0159. The molecule has 0 spiro atoms. The molecule has 0 saturated heterocycles. The molecule has 0 unspecified atom stereocenters. The van der Waals surface area contributed by atoms with Crippen LogP contribution in [0.15, 0.2) is 12.1 Å². The second-order valence-corrected chi connectivity index (χ2v) is 3.08. The molecule has 3 nitrogen and oxygen atoms in total. The van der Waals surface area contributed by atoms with Gasteiger partial charge in [-0.1, -0.05) is 0 Å². The average molecular weight is 179 g/mol. The fraction of sp³-hybridized carbons (Fsp3) is 0.300. The smallest absolute Gasteiger partial charge is 0.159 e. The van der Waals surface area contributed by atoms with Gasteiger partial charge < -0.3 is 10.8 Å². The monoisotopic (exact) mass is 179 g/mol. The van der Waals surface area contributed by atoms with Gasteiger partial charge in [-0.05, 0) is 31.5 Å². The average Bonchev–Trinajstić information content (AvgIpc) is 2.09. The molecule has 0 fully saturated rings. The number of nitrogen functional groups attached to an aromatic ring is 1. The van der Waals surface area contributed by atoms with Crippen LogP contribution in [0, 0.1) is 6.92 Å². The van der Waals surface area contributed by atoms with Crippen LogP contribution in [0.25, 0.3) is 0 Å². The molecule has 1 rings (SSSR count). The molecular weight excluding hydrogens is 166 g/mol. The third-order valence-electron chi connectivity index (χ3n) is 2.05. The highest BCUT2D eigenvalue weighted by atomic mass is 16.3. The molecule has 1 aromatic carbocycles. The van der Waals surface area contributed by atoms with Crippen LogP contribution in [0.1, 0.15) is 28.4 Å². The number of hydrogen-bond acceptors (Lipinski definition) is 3. The van der Waals surface area contributed by atoms with Crippen LogP contribution in [0.4, 0.5) is 5.69 Å². The van der Waals surface area contributed by atoms with E-state index in [1.165, 1.54) is 6.92 Å². The van der Waals surface area contributed by atoms with Crippen molar-refractivity contribution in [3.05, 3.63) is 28.8 Å². The Kier molecular flexibility index (Phi) is 2.68.